The normalized spacial score (nSPS) is 25.1. The first-order valence-corrected chi connectivity index (χ1v) is 5.62. The van der Waals surface area contributed by atoms with Gasteiger partial charge in [-0.25, -0.2) is 0 Å². The van der Waals surface area contributed by atoms with Gasteiger partial charge in [-0.15, -0.1) is 0 Å². The Morgan fingerprint density at radius 1 is 1.60 bits per heavy atom. The highest BCUT2D eigenvalue weighted by molar-refractivity contribution is 9.10. The Morgan fingerprint density at radius 2 is 2.47 bits per heavy atom. The summed E-state index contributed by atoms with van der Waals surface area (Å²) in [6.07, 6.45) is 5.09. The summed E-state index contributed by atoms with van der Waals surface area (Å²) in [7, 11) is 0. The Hall–Kier alpha value is -0.920. The molecule has 78 valence electrons. The number of aromatic nitrogens is 1. The molecule has 0 N–H and O–H groups in total. The fourth-order valence-electron chi connectivity index (χ4n) is 1.82. The predicted octanol–water partition coefficient (Wildman–Crippen LogP) is 2.32. The molecular weight excluding hydrogens is 256 g/mol. The van der Waals surface area contributed by atoms with Crippen LogP contribution in [0.5, 0.6) is 0 Å². The first-order valence-electron chi connectivity index (χ1n) is 4.83. The van der Waals surface area contributed by atoms with Gasteiger partial charge in [0.25, 0.3) is 0 Å². The first kappa shape index (κ1) is 10.6. The largest absolute Gasteiger partial charge is 0.380 e. The van der Waals surface area contributed by atoms with Crippen LogP contribution in [0, 0.1) is 16.7 Å². The van der Waals surface area contributed by atoms with Gasteiger partial charge in [0.05, 0.1) is 18.1 Å². The van der Waals surface area contributed by atoms with E-state index < -0.39 is 0 Å². The second kappa shape index (κ2) is 4.30. The molecule has 1 unspecified atom stereocenters. The number of rotatable bonds is 2. The number of halogens is 1. The molecule has 1 aliphatic heterocycles. The molecule has 4 heteroatoms. The highest BCUT2D eigenvalue weighted by Crippen LogP contribution is 2.32. The zero-order valence-electron chi connectivity index (χ0n) is 8.24. The molecule has 1 saturated heterocycles. The van der Waals surface area contributed by atoms with E-state index in [1.165, 1.54) is 0 Å². The van der Waals surface area contributed by atoms with E-state index in [2.05, 4.69) is 27.0 Å². The molecule has 15 heavy (non-hydrogen) atoms. The minimum atomic E-state index is -0.345. The van der Waals surface area contributed by atoms with E-state index >= 15 is 0 Å². The van der Waals surface area contributed by atoms with Crippen LogP contribution in [0.4, 0.5) is 0 Å². The summed E-state index contributed by atoms with van der Waals surface area (Å²) in [6, 6.07) is 4.38. The molecule has 3 nitrogen and oxygen atoms in total. The van der Waals surface area contributed by atoms with Crippen molar-refractivity contribution in [3.63, 3.8) is 0 Å². The number of hydrogen-bond donors (Lipinski definition) is 0. The topological polar surface area (TPSA) is 45.9 Å². The van der Waals surface area contributed by atoms with Gasteiger partial charge in [-0.1, -0.05) is 0 Å². The molecule has 1 aromatic rings. The molecule has 0 spiro atoms. The third kappa shape index (κ3) is 2.36. The summed E-state index contributed by atoms with van der Waals surface area (Å²) in [5, 5.41) is 9.19. The number of nitrogens with zero attached hydrogens (tertiary/aromatic N) is 2. The molecule has 0 amide bonds. The van der Waals surface area contributed by atoms with Crippen LogP contribution in [0.15, 0.2) is 22.9 Å². The number of ether oxygens (including phenoxy) is 1. The highest BCUT2D eigenvalue weighted by atomic mass is 79.9. The van der Waals surface area contributed by atoms with Crippen LogP contribution >= 0.6 is 15.9 Å². The summed E-state index contributed by atoms with van der Waals surface area (Å²) in [4.78, 5) is 4.09. The van der Waals surface area contributed by atoms with Crippen molar-refractivity contribution in [2.75, 3.05) is 13.2 Å². The van der Waals surface area contributed by atoms with Crippen molar-refractivity contribution in [3.05, 3.63) is 28.5 Å². The Balaban J connectivity index is 2.17. The lowest BCUT2D eigenvalue weighted by Gasteiger charge is -2.17. The second-order valence-electron chi connectivity index (χ2n) is 3.88. The smallest absolute Gasteiger partial charge is 0.0869 e. The van der Waals surface area contributed by atoms with Gasteiger partial charge in [0.1, 0.15) is 0 Å². The van der Waals surface area contributed by atoms with Crippen molar-refractivity contribution in [1.29, 1.82) is 5.26 Å². The molecule has 1 aliphatic rings. The van der Waals surface area contributed by atoms with Crippen LogP contribution in [-0.2, 0) is 11.2 Å². The maximum atomic E-state index is 9.19. The van der Waals surface area contributed by atoms with Gasteiger partial charge in [-0.05, 0) is 40.4 Å². The molecule has 0 aliphatic carbocycles. The first-order chi connectivity index (χ1) is 7.24. The average Bonchev–Trinajstić information content (AvgIpc) is 2.67. The lowest BCUT2D eigenvalue weighted by atomic mass is 9.83. The molecule has 2 heterocycles. The van der Waals surface area contributed by atoms with Crippen LogP contribution in [0.1, 0.15) is 12.0 Å². The maximum absolute atomic E-state index is 9.19. The minimum absolute atomic E-state index is 0.345. The molecule has 2 rings (SSSR count). The molecular formula is C11H11BrN2O. The van der Waals surface area contributed by atoms with Gasteiger partial charge < -0.3 is 4.74 Å². The van der Waals surface area contributed by atoms with Crippen molar-refractivity contribution in [1.82, 2.24) is 4.98 Å². The van der Waals surface area contributed by atoms with Gasteiger partial charge in [0.2, 0.25) is 0 Å². The Kier molecular flexibility index (Phi) is 3.03. The quantitative estimate of drug-likeness (QED) is 0.826. The Labute approximate surface area is 97.2 Å². The Bertz CT molecular complexity index is 394. The molecule has 1 aromatic heterocycles. The molecule has 1 fully saturated rings. The molecule has 1 atom stereocenters. The van der Waals surface area contributed by atoms with E-state index in [0.717, 1.165) is 22.9 Å². The highest BCUT2D eigenvalue weighted by Gasteiger charge is 2.35. The summed E-state index contributed by atoms with van der Waals surface area (Å²) in [5.74, 6) is 0. The summed E-state index contributed by atoms with van der Waals surface area (Å²) in [5.41, 5.74) is 0.735. The fraction of sp³-hybridized carbons (Fsp3) is 0.455. The van der Waals surface area contributed by atoms with Crippen LogP contribution in [-0.4, -0.2) is 18.2 Å². The lowest BCUT2D eigenvalue weighted by molar-refractivity contribution is 0.171. The van der Waals surface area contributed by atoms with Crippen molar-refractivity contribution in [2.45, 2.75) is 12.8 Å². The van der Waals surface area contributed by atoms with Crippen molar-refractivity contribution in [2.24, 2.45) is 5.41 Å². The zero-order chi connectivity index (χ0) is 10.7. The summed E-state index contributed by atoms with van der Waals surface area (Å²) < 4.78 is 6.25. The molecule has 0 saturated carbocycles. The average molecular weight is 267 g/mol. The fourth-order valence-corrected chi connectivity index (χ4v) is 2.23. The third-order valence-electron chi connectivity index (χ3n) is 2.64. The maximum Gasteiger partial charge on any atom is 0.0869 e. The number of pyridine rings is 1. The van der Waals surface area contributed by atoms with E-state index in [9.17, 15) is 5.26 Å². The van der Waals surface area contributed by atoms with E-state index in [0.29, 0.717) is 13.2 Å². The van der Waals surface area contributed by atoms with Crippen LogP contribution < -0.4 is 0 Å². The minimum Gasteiger partial charge on any atom is -0.380 e. The third-order valence-corrected chi connectivity index (χ3v) is 3.08. The Morgan fingerprint density at radius 3 is 3.07 bits per heavy atom. The second-order valence-corrected chi connectivity index (χ2v) is 4.80. The van der Waals surface area contributed by atoms with Crippen LogP contribution in [0.25, 0.3) is 0 Å². The lowest BCUT2D eigenvalue weighted by Crippen LogP contribution is -2.21. The summed E-state index contributed by atoms with van der Waals surface area (Å²) in [6.45, 7) is 1.23. The summed E-state index contributed by atoms with van der Waals surface area (Å²) >= 11 is 3.37. The number of nitriles is 1. The standard InChI is InChI=1S/C11H11BrN2O/c12-10-3-9(5-14-6-10)4-11(7-13)1-2-15-8-11/h3,5-6H,1-2,4,8H2. The van der Waals surface area contributed by atoms with Gasteiger partial charge in [-0.2, -0.15) is 5.26 Å². The van der Waals surface area contributed by atoms with Gasteiger partial charge in [0.15, 0.2) is 0 Å². The van der Waals surface area contributed by atoms with E-state index in [-0.39, 0.29) is 5.41 Å². The van der Waals surface area contributed by atoms with Crippen LogP contribution in [0.3, 0.4) is 0 Å². The number of hydrogen-bond acceptors (Lipinski definition) is 3. The molecule has 0 bridgehead atoms. The van der Waals surface area contributed by atoms with Gasteiger partial charge >= 0.3 is 0 Å². The molecule has 0 radical (unpaired) electrons. The van der Waals surface area contributed by atoms with Crippen molar-refractivity contribution < 1.29 is 4.74 Å². The SMILES string of the molecule is N#CC1(Cc2cncc(Br)c2)CCOC1. The monoisotopic (exact) mass is 266 g/mol. The van der Waals surface area contributed by atoms with Gasteiger partial charge in [-0.3, -0.25) is 4.98 Å². The zero-order valence-corrected chi connectivity index (χ0v) is 9.83. The van der Waals surface area contributed by atoms with Crippen molar-refractivity contribution >= 4 is 15.9 Å². The van der Waals surface area contributed by atoms with Crippen molar-refractivity contribution in [3.8, 4) is 6.07 Å². The van der Waals surface area contributed by atoms with E-state index in [1.54, 1.807) is 6.20 Å². The van der Waals surface area contributed by atoms with Crippen LogP contribution in [0.2, 0.25) is 0 Å². The van der Waals surface area contributed by atoms with E-state index in [1.807, 2.05) is 12.3 Å². The predicted molar refractivity (Wildman–Crippen MR) is 59.1 cm³/mol. The van der Waals surface area contributed by atoms with E-state index in [4.69, 9.17) is 4.74 Å². The molecule has 0 aromatic carbocycles. The van der Waals surface area contributed by atoms with Gasteiger partial charge in [0, 0.05) is 23.5 Å².